The standard InChI is InChI=1S/C26H31ClFN5O2/c1-3-32-12-17-14-33(15-18(17)13-32)7-4-8-35-25-10-20-23(11-24(25)34-2)29-16-30-26(20)31-19-5-6-22(28)21(27)9-19/h5-6,9-11,16-18H,3-4,7-8,12-15H2,1-2H3,(H,29,30,31). The number of anilines is 2. The third-order valence-electron chi connectivity index (χ3n) is 7.06. The molecular formula is C26H31ClFN5O2. The van der Waals surface area contributed by atoms with Crippen LogP contribution in [0, 0.1) is 17.7 Å². The summed E-state index contributed by atoms with van der Waals surface area (Å²) in [5.74, 6) is 3.02. The van der Waals surface area contributed by atoms with Gasteiger partial charge in [0.05, 0.1) is 24.3 Å². The molecule has 5 rings (SSSR count). The number of nitrogens with one attached hydrogen (secondary N) is 1. The van der Waals surface area contributed by atoms with Crippen molar-refractivity contribution in [2.45, 2.75) is 13.3 Å². The second-order valence-electron chi connectivity index (χ2n) is 9.33. The Kier molecular flexibility index (Phi) is 7.22. The molecule has 2 atom stereocenters. The van der Waals surface area contributed by atoms with E-state index in [1.54, 1.807) is 13.2 Å². The molecule has 9 heteroatoms. The van der Waals surface area contributed by atoms with Gasteiger partial charge in [-0.1, -0.05) is 18.5 Å². The quantitative estimate of drug-likeness (QED) is 0.423. The van der Waals surface area contributed by atoms with Crippen LogP contribution in [-0.4, -0.2) is 72.8 Å². The van der Waals surface area contributed by atoms with Gasteiger partial charge >= 0.3 is 0 Å². The minimum atomic E-state index is -0.467. The first kappa shape index (κ1) is 24.0. The zero-order valence-corrected chi connectivity index (χ0v) is 20.9. The molecule has 2 aromatic carbocycles. The van der Waals surface area contributed by atoms with Crippen LogP contribution >= 0.6 is 11.6 Å². The monoisotopic (exact) mass is 499 g/mol. The number of fused-ring (bicyclic) bond motifs is 2. The Balaban J connectivity index is 1.24. The molecule has 35 heavy (non-hydrogen) atoms. The van der Waals surface area contributed by atoms with Gasteiger partial charge in [-0.05, 0) is 49.1 Å². The largest absolute Gasteiger partial charge is 0.493 e. The number of halogens is 2. The number of rotatable bonds is 9. The number of benzene rings is 2. The van der Waals surface area contributed by atoms with Crippen molar-refractivity contribution >= 4 is 34.0 Å². The van der Waals surface area contributed by atoms with Gasteiger partial charge in [0.2, 0.25) is 0 Å². The molecule has 186 valence electrons. The highest BCUT2D eigenvalue weighted by molar-refractivity contribution is 6.31. The lowest BCUT2D eigenvalue weighted by atomic mass is 10.0. The fourth-order valence-electron chi connectivity index (χ4n) is 5.25. The molecule has 0 spiro atoms. The van der Waals surface area contributed by atoms with Crippen LogP contribution in [0.5, 0.6) is 11.5 Å². The summed E-state index contributed by atoms with van der Waals surface area (Å²) in [6.45, 7) is 9.92. The topological polar surface area (TPSA) is 62.8 Å². The van der Waals surface area contributed by atoms with E-state index in [-0.39, 0.29) is 5.02 Å². The Morgan fingerprint density at radius 3 is 2.54 bits per heavy atom. The number of methoxy groups -OCH3 is 1. The van der Waals surface area contributed by atoms with Gasteiger partial charge in [-0.25, -0.2) is 14.4 Å². The van der Waals surface area contributed by atoms with E-state index in [1.807, 2.05) is 12.1 Å². The number of likely N-dealkylation sites (tertiary alicyclic amines) is 2. The lowest BCUT2D eigenvalue weighted by Crippen LogP contribution is -2.29. The van der Waals surface area contributed by atoms with Crippen molar-refractivity contribution in [1.82, 2.24) is 19.8 Å². The van der Waals surface area contributed by atoms with Gasteiger partial charge in [0.25, 0.3) is 0 Å². The first-order valence-electron chi connectivity index (χ1n) is 12.2. The Labute approximate surface area is 210 Å². The van der Waals surface area contributed by atoms with E-state index in [0.717, 1.165) is 36.7 Å². The zero-order chi connectivity index (χ0) is 24.4. The minimum Gasteiger partial charge on any atom is -0.493 e. The summed E-state index contributed by atoms with van der Waals surface area (Å²) < 4.78 is 25.3. The van der Waals surface area contributed by atoms with Gasteiger partial charge in [-0.3, -0.25) is 0 Å². The first-order valence-corrected chi connectivity index (χ1v) is 12.5. The lowest BCUT2D eigenvalue weighted by molar-refractivity contribution is 0.231. The van der Waals surface area contributed by atoms with Crippen LogP contribution in [-0.2, 0) is 0 Å². The SMILES string of the molecule is CCN1CC2CN(CCCOc3cc4c(Nc5ccc(F)c(Cl)c5)ncnc4cc3OC)CC2C1. The number of hydrogen-bond acceptors (Lipinski definition) is 7. The molecular weight excluding hydrogens is 469 g/mol. The van der Waals surface area contributed by atoms with E-state index in [1.165, 1.54) is 44.6 Å². The maximum absolute atomic E-state index is 13.5. The molecule has 2 fully saturated rings. The van der Waals surface area contributed by atoms with Gasteiger partial charge in [0.1, 0.15) is 18.0 Å². The molecule has 2 saturated heterocycles. The van der Waals surface area contributed by atoms with Gasteiger partial charge in [-0.2, -0.15) is 0 Å². The molecule has 1 aromatic heterocycles. The van der Waals surface area contributed by atoms with E-state index in [0.29, 0.717) is 35.1 Å². The predicted octanol–water partition coefficient (Wildman–Crippen LogP) is 4.83. The molecule has 0 saturated carbocycles. The van der Waals surface area contributed by atoms with Crippen LogP contribution in [0.4, 0.5) is 15.9 Å². The maximum atomic E-state index is 13.5. The van der Waals surface area contributed by atoms with E-state index in [4.69, 9.17) is 21.1 Å². The van der Waals surface area contributed by atoms with Gasteiger partial charge < -0.3 is 24.6 Å². The van der Waals surface area contributed by atoms with Crippen molar-refractivity contribution in [2.24, 2.45) is 11.8 Å². The van der Waals surface area contributed by atoms with Crippen molar-refractivity contribution in [1.29, 1.82) is 0 Å². The van der Waals surface area contributed by atoms with Crippen LogP contribution < -0.4 is 14.8 Å². The molecule has 0 amide bonds. The highest BCUT2D eigenvalue weighted by Crippen LogP contribution is 2.35. The van der Waals surface area contributed by atoms with E-state index < -0.39 is 5.82 Å². The third kappa shape index (κ3) is 5.29. The van der Waals surface area contributed by atoms with Crippen molar-refractivity contribution < 1.29 is 13.9 Å². The van der Waals surface area contributed by atoms with Gasteiger partial charge in [0.15, 0.2) is 11.5 Å². The van der Waals surface area contributed by atoms with Crippen molar-refractivity contribution in [3.05, 3.63) is 47.5 Å². The molecule has 2 aliphatic rings. The summed E-state index contributed by atoms with van der Waals surface area (Å²) in [6.07, 6.45) is 2.42. The highest BCUT2D eigenvalue weighted by atomic mass is 35.5. The average molecular weight is 500 g/mol. The van der Waals surface area contributed by atoms with Crippen molar-refractivity contribution in [3.8, 4) is 11.5 Å². The first-order chi connectivity index (χ1) is 17.0. The number of aromatic nitrogens is 2. The van der Waals surface area contributed by atoms with Crippen LogP contribution in [0.15, 0.2) is 36.7 Å². The predicted molar refractivity (Wildman–Crippen MR) is 136 cm³/mol. The third-order valence-corrected chi connectivity index (χ3v) is 7.35. The second kappa shape index (κ2) is 10.5. The molecule has 2 aliphatic heterocycles. The summed E-state index contributed by atoms with van der Waals surface area (Å²) >= 11 is 5.93. The summed E-state index contributed by atoms with van der Waals surface area (Å²) in [6, 6.07) is 8.19. The Hall–Kier alpha value is -2.68. The number of hydrogen-bond donors (Lipinski definition) is 1. The van der Waals surface area contributed by atoms with Crippen molar-refractivity contribution in [2.75, 3.05) is 58.3 Å². The summed E-state index contributed by atoms with van der Waals surface area (Å²) in [5.41, 5.74) is 1.34. The van der Waals surface area contributed by atoms with Gasteiger partial charge in [-0.15, -0.1) is 0 Å². The lowest BCUT2D eigenvalue weighted by Gasteiger charge is -2.20. The fraction of sp³-hybridized carbons (Fsp3) is 0.462. The number of ether oxygens (including phenoxy) is 2. The summed E-state index contributed by atoms with van der Waals surface area (Å²) in [7, 11) is 1.62. The highest BCUT2D eigenvalue weighted by Gasteiger charge is 2.38. The Morgan fingerprint density at radius 2 is 1.83 bits per heavy atom. The fourth-order valence-corrected chi connectivity index (χ4v) is 5.43. The zero-order valence-electron chi connectivity index (χ0n) is 20.1. The summed E-state index contributed by atoms with van der Waals surface area (Å²) in [5, 5.41) is 4.02. The summed E-state index contributed by atoms with van der Waals surface area (Å²) in [4.78, 5) is 13.9. The maximum Gasteiger partial charge on any atom is 0.162 e. The van der Waals surface area contributed by atoms with Gasteiger partial charge in [0, 0.05) is 49.9 Å². The van der Waals surface area contributed by atoms with Crippen LogP contribution in [0.2, 0.25) is 5.02 Å². The minimum absolute atomic E-state index is 0.0448. The molecule has 0 radical (unpaired) electrons. The number of nitrogens with zero attached hydrogens (tertiary/aromatic N) is 4. The molecule has 3 heterocycles. The molecule has 3 aromatic rings. The van der Waals surface area contributed by atoms with Crippen LogP contribution in [0.1, 0.15) is 13.3 Å². The Morgan fingerprint density at radius 1 is 1.06 bits per heavy atom. The Bertz CT molecular complexity index is 1180. The van der Waals surface area contributed by atoms with E-state index in [9.17, 15) is 4.39 Å². The molecule has 2 unspecified atom stereocenters. The molecule has 0 aliphatic carbocycles. The van der Waals surface area contributed by atoms with Crippen LogP contribution in [0.3, 0.4) is 0 Å². The van der Waals surface area contributed by atoms with Crippen molar-refractivity contribution in [3.63, 3.8) is 0 Å². The van der Waals surface area contributed by atoms with E-state index in [2.05, 4.69) is 32.0 Å². The molecule has 0 bridgehead atoms. The smallest absolute Gasteiger partial charge is 0.162 e. The molecule has 7 nitrogen and oxygen atoms in total. The van der Waals surface area contributed by atoms with E-state index >= 15 is 0 Å². The van der Waals surface area contributed by atoms with Crippen LogP contribution in [0.25, 0.3) is 10.9 Å². The second-order valence-corrected chi connectivity index (χ2v) is 9.74. The molecule has 1 N–H and O–H groups in total. The average Bonchev–Trinajstić information content (AvgIpc) is 3.42. The normalized spacial score (nSPS) is 20.3.